The first kappa shape index (κ1) is 14.7. The molecule has 0 radical (unpaired) electrons. The van der Waals surface area contributed by atoms with Crippen molar-refractivity contribution in [2.45, 2.75) is 0 Å². The van der Waals surface area contributed by atoms with Gasteiger partial charge >= 0.3 is 0 Å². The van der Waals surface area contributed by atoms with Gasteiger partial charge < -0.3 is 14.5 Å². The van der Waals surface area contributed by atoms with Crippen LogP contribution in [0.4, 0.5) is 0 Å². The highest BCUT2D eigenvalue weighted by Gasteiger charge is 2.12. The molecular weight excluding hydrogens is 290 g/mol. The van der Waals surface area contributed by atoms with E-state index in [4.69, 9.17) is 15.9 Å². The van der Waals surface area contributed by atoms with E-state index in [0.717, 1.165) is 16.6 Å². The van der Waals surface area contributed by atoms with E-state index in [9.17, 15) is 0 Å². The molecule has 0 fully saturated rings. The molecule has 0 aliphatic heterocycles. The number of fused-ring (bicyclic) bond motifs is 1. The fourth-order valence-corrected chi connectivity index (χ4v) is 2.17. The molecule has 2 heterocycles. The number of pyridine rings is 1. The Balaban J connectivity index is 2.02. The number of terminal acetylenes is 1. The summed E-state index contributed by atoms with van der Waals surface area (Å²) in [6, 6.07) is 7.40. The lowest BCUT2D eigenvalue weighted by Crippen LogP contribution is -1.99. The van der Waals surface area contributed by atoms with Crippen LogP contribution in [0.2, 0.25) is 0 Å². The van der Waals surface area contributed by atoms with Crippen molar-refractivity contribution in [1.29, 1.82) is 0 Å². The Morgan fingerprint density at radius 1 is 1.30 bits per heavy atom. The van der Waals surface area contributed by atoms with Gasteiger partial charge in [0.15, 0.2) is 0 Å². The first-order valence-electron chi connectivity index (χ1n) is 7.06. The minimum atomic E-state index is 0.166. The van der Waals surface area contributed by atoms with Gasteiger partial charge in [-0.1, -0.05) is 18.6 Å². The Morgan fingerprint density at radius 2 is 2.22 bits per heavy atom. The normalized spacial score (nSPS) is 10.2. The summed E-state index contributed by atoms with van der Waals surface area (Å²) >= 11 is 0. The van der Waals surface area contributed by atoms with Crippen molar-refractivity contribution in [1.82, 2.24) is 15.0 Å². The lowest BCUT2D eigenvalue weighted by molar-refractivity contribution is 0.349. The quantitative estimate of drug-likeness (QED) is 0.561. The molecule has 23 heavy (non-hydrogen) atoms. The highest BCUT2D eigenvalue weighted by atomic mass is 16.5. The van der Waals surface area contributed by atoms with Crippen molar-refractivity contribution in [3.63, 3.8) is 0 Å². The number of aromatic nitrogens is 3. The maximum atomic E-state index is 5.64. The number of aromatic amines is 1. The van der Waals surface area contributed by atoms with Crippen LogP contribution in [0.5, 0.6) is 11.5 Å². The number of ether oxygens (including phenoxy) is 2. The van der Waals surface area contributed by atoms with Crippen molar-refractivity contribution in [3.8, 4) is 35.2 Å². The summed E-state index contributed by atoms with van der Waals surface area (Å²) in [4.78, 5) is 11.9. The minimum absolute atomic E-state index is 0.166. The first-order chi connectivity index (χ1) is 11.3. The van der Waals surface area contributed by atoms with E-state index in [-0.39, 0.29) is 6.61 Å². The SMILES string of the molecule is C#CCOc1cc(OCC=C)ccc1-c1nc2cnccc2[nH]1. The summed E-state index contributed by atoms with van der Waals surface area (Å²) in [6.07, 6.45) is 10.4. The molecule has 3 aromatic rings. The number of H-pyrrole nitrogens is 1. The number of hydrogen-bond donors (Lipinski definition) is 1. The first-order valence-corrected chi connectivity index (χ1v) is 7.06. The van der Waals surface area contributed by atoms with Gasteiger partial charge in [-0.25, -0.2) is 4.98 Å². The van der Waals surface area contributed by atoms with Gasteiger partial charge in [-0.2, -0.15) is 0 Å². The number of nitrogens with zero attached hydrogens (tertiary/aromatic N) is 2. The Labute approximate surface area is 134 Å². The summed E-state index contributed by atoms with van der Waals surface area (Å²) in [7, 11) is 0. The second-order valence-electron chi connectivity index (χ2n) is 4.73. The molecule has 0 saturated heterocycles. The van der Waals surface area contributed by atoms with E-state index < -0.39 is 0 Å². The van der Waals surface area contributed by atoms with Crippen LogP contribution in [-0.2, 0) is 0 Å². The van der Waals surface area contributed by atoms with Crippen LogP contribution in [0.3, 0.4) is 0 Å². The van der Waals surface area contributed by atoms with E-state index in [1.54, 1.807) is 24.5 Å². The molecule has 0 unspecified atom stereocenters. The van der Waals surface area contributed by atoms with Crippen LogP contribution in [0, 0.1) is 12.3 Å². The van der Waals surface area contributed by atoms with Crippen LogP contribution in [-0.4, -0.2) is 28.2 Å². The smallest absolute Gasteiger partial charge is 0.148 e. The van der Waals surface area contributed by atoms with Crippen molar-refractivity contribution < 1.29 is 9.47 Å². The zero-order chi connectivity index (χ0) is 16.1. The van der Waals surface area contributed by atoms with Gasteiger partial charge in [-0.05, 0) is 18.2 Å². The summed E-state index contributed by atoms with van der Waals surface area (Å²) in [5.41, 5.74) is 2.50. The van der Waals surface area contributed by atoms with Crippen LogP contribution in [0.1, 0.15) is 0 Å². The van der Waals surface area contributed by atoms with Crippen LogP contribution in [0.25, 0.3) is 22.4 Å². The third-order valence-electron chi connectivity index (χ3n) is 3.17. The highest BCUT2D eigenvalue weighted by Crippen LogP contribution is 2.33. The topological polar surface area (TPSA) is 60.0 Å². The Hall–Kier alpha value is -3.26. The summed E-state index contributed by atoms with van der Waals surface area (Å²) in [5.74, 6) is 4.44. The second-order valence-corrected chi connectivity index (χ2v) is 4.73. The largest absolute Gasteiger partial charge is 0.489 e. The average molecular weight is 305 g/mol. The van der Waals surface area contributed by atoms with Crippen LogP contribution in [0.15, 0.2) is 49.3 Å². The van der Waals surface area contributed by atoms with Crippen molar-refractivity contribution in [2.75, 3.05) is 13.2 Å². The maximum absolute atomic E-state index is 5.64. The number of nitrogens with one attached hydrogen (secondary N) is 1. The molecular formula is C18H15N3O2. The monoisotopic (exact) mass is 305 g/mol. The Bertz CT molecular complexity index is 844. The summed E-state index contributed by atoms with van der Waals surface area (Å²) in [5, 5.41) is 0. The number of hydrogen-bond acceptors (Lipinski definition) is 4. The van der Waals surface area contributed by atoms with E-state index in [1.807, 2.05) is 18.2 Å². The number of imidazole rings is 1. The third-order valence-corrected chi connectivity index (χ3v) is 3.17. The second kappa shape index (κ2) is 6.67. The number of rotatable bonds is 6. The Morgan fingerprint density at radius 3 is 3.00 bits per heavy atom. The molecule has 0 saturated carbocycles. The predicted molar refractivity (Wildman–Crippen MR) is 89.3 cm³/mol. The summed E-state index contributed by atoms with van der Waals surface area (Å²) in [6.45, 7) is 4.22. The van der Waals surface area contributed by atoms with E-state index in [1.165, 1.54) is 0 Å². The molecule has 1 aromatic carbocycles. The molecule has 114 valence electrons. The van der Waals surface area contributed by atoms with Crippen molar-refractivity contribution in [3.05, 3.63) is 49.3 Å². The van der Waals surface area contributed by atoms with Crippen LogP contribution >= 0.6 is 0 Å². The molecule has 0 atom stereocenters. The standard InChI is InChI=1S/C18H15N3O2/c1-3-9-22-13-5-6-14(17(11-13)23-10-4-2)18-20-15-7-8-19-12-16(15)21-18/h2-3,5-8,11-12H,1,9-10H2,(H,20,21). The molecule has 2 aromatic heterocycles. The maximum Gasteiger partial charge on any atom is 0.148 e. The molecule has 0 spiro atoms. The fourth-order valence-electron chi connectivity index (χ4n) is 2.17. The molecule has 0 bridgehead atoms. The van der Waals surface area contributed by atoms with Gasteiger partial charge in [-0.15, -0.1) is 6.42 Å². The van der Waals surface area contributed by atoms with Gasteiger partial charge in [0.1, 0.15) is 36.1 Å². The number of benzene rings is 1. The lowest BCUT2D eigenvalue weighted by Gasteiger charge is -2.10. The van der Waals surface area contributed by atoms with Crippen LogP contribution < -0.4 is 9.47 Å². The van der Waals surface area contributed by atoms with Gasteiger partial charge in [0.05, 0.1) is 17.3 Å². The van der Waals surface area contributed by atoms with Gasteiger partial charge in [-0.3, -0.25) is 4.98 Å². The highest BCUT2D eigenvalue weighted by molar-refractivity contribution is 5.80. The molecule has 0 aliphatic rings. The molecule has 0 aliphatic carbocycles. The molecule has 5 heteroatoms. The molecule has 1 N–H and O–H groups in total. The predicted octanol–water partition coefficient (Wildman–Crippen LogP) is 3.20. The van der Waals surface area contributed by atoms with Gasteiger partial charge in [0.25, 0.3) is 0 Å². The zero-order valence-electron chi connectivity index (χ0n) is 12.5. The minimum Gasteiger partial charge on any atom is -0.489 e. The van der Waals surface area contributed by atoms with Crippen molar-refractivity contribution in [2.24, 2.45) is 0 Å². The Kier molecular flexibility index (Phi) is 4.25. The summed E-state index contributed by atoms with van der Waals surface area (Å²) < 4.78 is 11.2. The fraction of sp³-hybridized carbons (Fsp3) is 0.111. The third kappa shape index (κ3) is 3.16. The molecule has 3 rings (SSSR count). The van der Waals surface area contributed by atoms with E-state index in [0.29, 0.717) is 23.9 Å². The van der Waals surface area contributed by atoms with Gasteiger partial charge in [0, 0.05) is 12.3 Å². The molecule has 5 nitrogen and oxygen atoms in total. The lowest BCUT2D eigenvalue weighted by atomic mass is 10.2. The zero-order valence-corrected chi connectivity index (χ0v) is 12.5. The average Bonchev–Trinajstić information content (AvgIpc) is 3.02. The van der Waals surface area contributed by atoms with Gasteiger partial charge in [0.2, 0.25) is 0 Å². The van der Waals surface area contributed by atoms with E-state index in [2.05, 4.69) is 27.5 Å². The van der Waals surface area contributed by atoms with Crippen molar-refractivity contribution >= 4 is 11.0 Å². The molecule has 0 amide bonds. The van der Waals surface area contributed by atoms with E-state index >= 15 is 0 Å².